The van der Waals surface area contributed by atoms with Gasteiger partial charge in [-0.15, -0.1) is 0 Å². The highest BCUT2D eigenvalue weighted by molar-refractivity contribution is 6.00. The van der Waals surface area contributed by atoms with Crippen LogP contribution < -0.4 is 9.47 Å². The van der Waals surface area contributed by atoms with E-state index in [2.05, 4.69) is 87.1 Å². The van der Waals surface area contributed by atoms with E-state index in [0.717, 1.165) is 37.5 Å². The van der Waals surface area contributed by atoms with Crippen molar-refractivity contribution in [3.05, 3.63) is 114 Å². The summed E-state index contributed by atoms with van der Waals surface area (Å²) in [6.45, 7) is 4.19. The highest BCUT2D eigenvalue weighted by atomic mass is 16.5. The molecule has 3 aromatic carbocycles. The maximum Gasteiger partial charge on any atom is 0.180 e. The SMILES string of the molecule is COc1ccc2c(c1)CCC(c1ccccc1)=C2c1ccc(OCCN2CCCC2)cc1.c1cocn1. The largest absolute Gasteiger partial charge is 0.497 e. The van der Waals surface area contributed by atoms with E-state index in [0.29, 0.717) is 0 Å². The predicted octanol–water partition coefficient (Wildman–Crippen LogP) is 6.75. The Morgan fingerprint density at radius 2 is 1.65 bits per heavy atom. The first-order valence-corrected chi connectivity index (χ1v) is 13.1. The summed E-state index contributed by atoms with van der Waals surface area (Å²) in [7, 11) is 1.74. The molecule has 2 heterocycles. The molecule has 2 aliphatic rings. The van der Waals surface area contributed by atoms with E-state index in [-0.39, 0.29) is 0 Å². The number of rotatable bonds is 7. The topological polar surface area (TPSA) is 47.7 Å². The van der Waals surface area contributed by atoms with E-state index in [4.69, 9.17) is 9.47 Å². The van der Waals surface area contributed by atoms with Gasteiger partial charge in [0.1, 0.15) is 24.4 Å². The molecule has 4 aromatic rings. The van der Waals surface area contributed by atoms with Crippen LogP contribution in [-0.2, 0) is 6.42 Å². The summed E-state index contributed by atoms with van der Waals surface area (Å²) in [5.41, 5.74) is 7.93. The van der Waals surface area contributed by atoms with E-state index >= 15 is 0 Å². The van der Waals surface area contributed by atoms with Crippen LogP contribution in [0.1, 0.15) is 41.5 Å². The Bertz CT molecular complexity index is 1260. The monoisotopic (exact) mass is 494 g/mol. The average molecular weight is 495 g/mol. The van der Waals surface area contributed by atoms with Crippen LogP contribution in [0.3, 0.4) is 0 Å². The summed E-state index contributed by atoms with van der Waals surface area (Å²) in [6, 6.07) is 25.9. The molecule has 37 heavy (non-hydrogen) atoms. The maximum absolute atomic E-state index is 6.05. The van der Waals surface area contributed by atoms with Gasteiger partial charge in [0, 0.05) is 6.54 Å². The van der Waals surface area contributed by atoms with Gasteiger partial charge in [-0.2, -0.15) is 0 Å². The Balaban J connectivity index is 0.000000503. The fraction of sp³-hybridized carbons (Fsp3) is 0.281. The van der Waals surface area contributed by atoms with Crippen LogP contribution in [0.4, 0.5) is 0 Å². The quantitative estimate of drug-likeness (QED) is 0.284. The Kier molecular flexibility index (Phi) is 8.34. The van der Waals surface area contributed by atoms with Crippen LogP contribution >= 0.6 is 0 Å². The van der Waals surface area contributed by atoms with E-state index < -0.39 is 0 Å². The van der Waals surface area contributed by atoms with Crippen molar-refractivity contribution in [3.63, 3.8) is 0 Å². The second-order valence-electron chi connectivity index (χ2n) is 9.34. The van der Waals surface area contributed by atoms with Gasteiger partial charge in [-0.25, -0.2) is 4.98 Å². The molecular formula is C32H34N2O3. The van der Waals surface area contributed by atoms with E-state index in [1.54, 1.807) is 13.3 Å². The van der Waals surface area contributed by atoms with Crippen molar-refractivity contribution in [2.24, 2.45) is 0 Å². The number of nitrogens with zero attached hydrogens (tertiary/aromatic N) is 2. The van der Waals surface area contributed by atoms with Gasteiger partial charge >= 0.3 is 0 Å². The molecule has 0 unspecified atom stereocenters. The molecule has 0 N–H and O–H groups in total. The molecule has 0 saturated carbocycles. The van der Waals surface area contributed by atoms with Crippen LogP contribution in [0.25, 0.3) is 11.1 Å². The number of aryl methyl sites for hydroxylation is 1. The number of likely N-dealkylation sites (tertiary alicyclic amines) is 1. The third kappa shape index (κ3) is 6.30. The minimum atomic E-state index is 0.750. The first-order chi connectivity index (χ1) is 18.3. The smallest absolute Gasteiger partial charge is 0.180 e. The molecule has 190 valence electrons. The standard InChI is InChI=1S/C29H31NO2.C3H3NO/c1-31-26-14-16-28-24(21-26)11-15-27(22-7-3-2-4-8-22)29(28)23-9-12-25(13-10-23)32-20-19-30-17-5-6-18-30;1-2-5-3-4-1/h2-4,7-10,12-14,16,21H,5-6,11,15,17-20H2,1H3;1-3H. The Morgan fingerprint density at radius 3 is 2.32 bits per heavy atom. The van der Waals surface area contributed by atoms with Crippen molar-refractivity contribution in [1.29, 1.82) is 0 Å². The number of hydrogen-bond acceptors (Lipinski definition) is 5. The van der Waals surface area contributed by atoms with Gasteiger partial charge in [-0.05, 0) is 96.4 Å². The zero-order chi connectivity index (χ0) is 25.3. The van der Waals surface area contributed by atoms with Gasteiger partial charge in [0.15, 0.2) is 6.39 Å². The minimum Gasteiger partial charge on any atom is -0.497 e. The van der Waals surface area contributed by atoms with Gasteiger partial charge in [-0.1, -0.05) is 48.5 Å². The van der Waals surface area contributed by atoms with Gasteiger partial charge in [-0.3, -0.25) is 4.90 Å². The number of aromatic nitrogens is 1. The fourth-order valence-electron chi connectivity index (χ4n) is 5.15. The normalized spacial score (nSPS) is 15.1. The molecule has 1 saturated heterocycles. The number of fused-ring (bicyclic) bond motifs is 1. The second kappa shape index (κ2) is 12.4. The summed E-state index contributed by atoms with van der Waals surface area (Å²) in [5, 5.41) is 0. The third-order valence-corrected chi connectivity index (χ3v) is 7.02. The second-order valence-corrected chi connectivity index (χ2v) is 9.34. The molecule has 1 aliphatic carbocycles. The van der Waals surface area contributed by atoms with Crippen LogP contribution in [0.15, 0.2) is 96.1 Å². The lowest BCUT2D eigenvalue weighted by Gasteiger charge is -2.25. The number of allylic oxidation sites excluding steroid dienone is 1. The summed E-state index contributed by atoms with van der Waals surface area (Å²) in [5.74, 6) is 1.87. The fourth-order valence-corrected chi connectivity index (χ4v) is 5.15. The lowest BCUT2D eigenvalue weighted by molar-refractivity contribution is 0.238. The highest BCUT2D eigenvalue weighted by Crippen LogP contribution is 2.42. The molecule has 5 heteroatoms. The van der Waals surface area contributed by atoms with Crippen molar-refractivity contribution < 1.29 is 13.9 Å². The van der Waals surface area contributed by atoms with Crippen molar-refractivity contribution >= 4 is 11.1 Å². The minimum absolute atomic E-state index is 0.750. The molecule has 6 rings (SSSR count). The number of hydrogen-bond donors (Lipinski definition) is 0. The van der Waals surface area contributed by atoms with Gasteiger partial charge in [0.2, 0.25) is 0 Å². The molecule has 0 amide bonds. The lowest BCUT2D eigenvalue weighted by Crippen LogP contribution is -2.25. The molecule has 1 aromatic heterocycles. The third-order valence-electron chi connectivity index (χ3n) is 7.02. The van der Waals surface area contributed by atoms with E-state index in [9.17, 15) is 0 Å². The van der Waals surface area contributed by atoms with Crippen molar-refractivity contribution in [1.82, 2.24) is 9.88 Å². The summed E-state index contributed by atoms with van der Waals surface area (Å²) in [6.07, 6.45) is 9.16. The predicted molar refractivity (Wildman–Crippen MR) is 148 cm³/mol. The first kappa shape index (κ1) is 24.8. The van der Waals surface area contributed by atoms with Crippen molar-refractivity contribution in [2.45, 2.75) is 25.7 Å². The molecule has 1 aliphatic heterocycles. The molecule has 0 spiro atoms. The van der Waals surface area contributed by atoms with E-state index in [1.165, 1.54) is 72.0 Å². The summed E-state index contributed by atoms with van der Waals surface area (Å²) in [4.78, 5) is 6.04. The molecule has 5 nitrogen and oxygen atoms in total. The number of benzene rings is 3. The summed E-state index contributed by atoms with van der Waals surface area (Å²) >= 11 is 0. The van der Waals surface area contributed by atoms with Crippen LogP contribution in [0.5, 0.6) is 11.5 Å². The van der Waals surface area contributed by atoms with Crippen LogP contribution in [0.2, 0.25) is 0 Å². The molecule has 1 fully saturated rings. The van der Waals surface area contributed by atoms with Crippen molar-refractivity contribution in [3.8, 4) is 11.5 Å². The first-order valence-electron chi connectivity index (χ1n) is 13.1. The Morgan fingerprint density at radius 1 is 0.865 bits per heavy atom. The van der Waals surface area contributed by atoms with Gasteiger partial charge in [0.05, 0.1) is 13.3 Å². The molecule has 0 radical (unpaired) electrons. The average Bonchev–Trinajstić information content (AvgIpc) is 3.71. The zero-order valence-corrected chi connectivity index (χ0v) is 21.4. The maximum atomic E-state index is 6.05. The van der Waals surface area contributed by atoms with E-state index in [1.807, 2.05) is 0 Å². The molecular weight excluding hydrogens is 460 g/mol. The van der Waals surface area contributed by atoms with Gasteiger partial charge in [0.25, 0.3) is 0 Å². The molecule has 0 atom stereocenters. The van der Waals surface area contributed by atoms with Crippen LogP contribution in [0, 0.1) is 0 Å². The zero-order valence-electron chi connectivity index (χ0n) is 21.4. The Hall–Kier alpha value is -3.83. The lowest BCUT2D eigenvalue weighted by atomic mass is 9.79. The van der Waals surface area contributed by atoms with Crippen molar-refractivity contribution in [2.75, 3.05) is 33.4 Å². The van der Waals surface area contributed by atoms with Gasteiger partial charge < -0.3 is 13.9 Å². The molecule has 0 bridgehead atoms. The summed E-state index contributed by atoms with van der Waals surface area (Å²) < 4.78 is 16.0. The number of oxazole rings is 1. The Labute approximate surface area is 219 Å². The van der Waals surface area contributed by atoms with Crippen LogP contribution in [-0.4, -0.2) is 43.2 Å². The highest BCUT2D eigenvalue weighted by Gasteiger charge is 2.22. The number of methoxy groups -OCH3 is 1. The number of ether oxygens (including phenoxy) is 2.